The monoisotopic (exact) mass is 205 g/mol. The van der Waals surface area contributed by atoms with Crippen LogP contribution >= 0.6 is 0 Å². The summed E-state index contributed by atoms with van der Waals surface area (Å²) >= 11 is 0. The van der Waals surface area contributed by atoms with Gasteiger partial charge in [-0.15, -0.1) is 0 Å². The summed E-state index contributed by atoms with van der Waals surface area (Å²) < 4.78 is 1.23. The van der Waals surface area contributed by atoms with Crippen molar-refractivity contribution in [2.75, 3.05) is 0 Å². The molecular weight excluding hydrogens is 198 g/mol. The molecule has 0 aromatic heterocycles. The molecule has 0 unspecified atom stereocenters. The number of carbonyl (C=O) groups is 2. The molecule has 70 valence electrons. The van der Waals surface area contributed by atoms with Crippen molar-refractivity contribution in [2.24, 2.45) is 5.73 Å². The van der Waals surface area contributed by atoms with Gasteiger partial charge in [0.15, 0.2) is 0 Å². The highest BCUT2D eigenvalue weighted by Gasteiger charge is 2.28. The molecule has 5 nitrogen and oxygen atoms in total. The number of hydrazine groups is 1. The van der Waals surface area contributed by atoms with Gasteiger partial charge in [-0.05, 0) is 11.3 Å². The van der Waals surface area contributed by atoms with Crippen molar-refractivity contribution in [2.45, 2.75) is 0 Å². The zero-order valence-corrected chi connectivity index (χ0v) is 8.15. The number of nitrogens with zero attached hydrogens (tertiary/aromatic N) is 1. The number of fused-ring (bicyclic) bond motifs is 1. The van der Waals surface area contributed by atoms with Crippen molar-refractivity contribution in [3.63, 3.8) is 0 Å². The molecule has 0 spiro atoms. The third-order valence-electron chi connectivity index (χ3n) is 1.81. The van der Waals surface area contributed by atoms with Gasteiger partial charge >= 0.3 is 6.03 Å². The van der Waals surface area contributed by atoms with E-state index in [2.05, 4.69) is 5.43 Å². The van der Waals surface area contributed by atoms with E-state index in [9.17, 15) is 9.59 Å². The molecule has 0 atom stereocenters. The summed E-state index contributed by atoms with van der Waals surface area (Å²) in [6.45, 7) is 0. The van der Waals surface area contributed by atoms with E-state index >= 15 is 0 Å². The van der Waals surface area contributed by atoms with Crippen LogP contribution in [0.2, 0.25) is 0 Å². The smallest absolute Gasteiger partial charge is 0.330 e. The summed E-state index contributed by atoms with van der Waals surface area (Å²) in [6, 6.07) is 6.50. The van der Waals surface area contributed by atoms with E-state index in [0.29, 0.717) is 5.56 Å². The second-order valence-electron chi connectivity index (χ2n) is 2.77. The Labute approximate surface area is 82.8 Å². The van der Waals surface area contributed by atoms with Crippen LogP contribution in [-0.2, 0) is 0 Å². The van der Waals surface area contributed by atoms with Crippen LogP contribution in [0.1, 0.15) is 10.4 Å². The van der Waals surface area contributed by atoms with Gasteiger partial charge in [-0.2, -0.15) is 0 Å². The number of carbonyl (C=O) groups excluding carboxylic acids is 2. The minimum atomic E-state index is -0.723. The molecule has 1 heterocycles. The van der Waals surface area contributed by atoms with Crippen LogP contribution in [0, 0.1) is 0 Å². The minimum absolute atomic E-state index is 0.116. The Bertz CT molecular complexity index is 407. The zero-order valence-electron chi connectivity index (χ0n) is 7.15. The first-order valence-corrected chi connectivity index (χ1v) is 4.89. The maximum Gasteiger partial charge on any atom is 0.330 e. The van der Waals surface area contributed by atoms with E-state index < -0.39 is 6.03 Å². The van der Waals surface area contributed by atoms with Gasteiger partial charge in [0.2, 0.25) is 0 Å². The molecule has 0 aliphatic carbocycles. The van der Waals surface area contributed by atoms with Crippen LogP contribution in [-0.4, -0.2) is 26.3 Å². The Morgan fingerprint density at radius 3 is 2.79 bits per heavy atom. The molecule has 2 rings (SSSR count). The molecule has 0 bridgehead atoms. The number of primary amides is 1. The van der Waals surface area contributed by atoms with Gasteiger partial charge in [0, 0.05) is 5.56 Å². The van der Waals surface area contributed by atoms with E-state index in [1.54, 1.807) is 12.1 Å². The average Bonchev–Trinajstić information content (AvgIpc) is 2.44. The SMILES string of the molecule is NC(=O)NN1[Si]c2ccccc2C1=O. The van der Waals surface area contributed by atoms with Gasteiger partial charge in [-0.25, -0.2) is 4.79 Å². The van der Waals surface area contributed by atoms with Crippen LogP contribution in [0.5, 0.6) is 0 Å². The van der Waals surface area contributed by atoms with Gasteiger partial charge in [0.1, 0.15) is 0 Å². The second kappa shape index (κ2) is 3.15. The van der Waals surface area contributed by atoms with Gasteiger partial charge < -0.3 is 5.73 Å². The Kier molecular flexibility index (Phi) is 1.97. The maximum absolute atomic E-state index is 11.6. The fraction of sp³-hybridized carbons (Fsp3) is 0. The average molecular weight is 205 g/mol. The molecule has 3 amide bonds. The number of rotatable bonds is 1. The van der Waals surface area contributed by atoms with Crippen LogP contribution in [0.4, 0.5) is 4.79 Å². The number of hydrogen-bond donors (Lipinski definition) is 2. The fourth-order valence-electron chi connectivity index (χ4n) is 1.25. The highest BCUT2D eigenvalue weighted by atomic mass is 28.2. The molecule has 2 radical (unpaired) electrons. The molecule has 0 fully saturated rings. The number of benzene rings is 1. The fourth-order valence-corrected chi connectivity index (χ4v) is 2.36. The van der Waals surface area contributed by atoms with Crippen LogP contribution in [0.3, 0.4) is 0 Å². The molecule has 0 saturated heterocycles. The van der Waals surface area contributed by atoms with Gasteiger partial charge in [-0.3, -0.25) is 14.9 Å². The number of amides is 3. The van der Waals surface area contributed by atoms with Gasteiger partial charge in [-0.1, -0.05) is 18.2 Å². The van der Waals surface area contributed by atoms with E-state index in [-0.39, 0.29) is 15.6 Å². The normalized spacial score (nSPS) is 14.0. The number of urea groups is 1. The maximum atomic E-state index is 11.6. The molecule has 6 heteroatoms. The number of nitrogens with two attached hydrogens (primary N) is 1. The number of hydrogen-bond acceptors (Lipinski definition) is 2. The molecule has 1 aliphatic rings. The van der Waals surface area contributed by atoms with E-state index in [4.69, 9.17) is 5.73 Å². The van der Waals surface area contributed by atoms with Crippen molar-refractivity contribution < 1.29 is 9.59 Å². The molecule has 14 heavy (non-hydrogen) atoms. The van der Waals surface area contributed by atoms with Crippen LogP contribution in [0.15, 0.2) is 24.3 Å². The molecule has 1 aromatic rings. The summed E-state index contributed by atoms with van der Waals surface area (Å²) in [5.41, 5.74) is 7.83. The van der Waals surface area contributed by atoms with E-state index in [1.165, 1.54) is 4.67 Å². The van der Waals surface area contributed by atoms with Crippen LogP contribution < -0.4 is 16.3 Å². The lowest BCUT2D eigenvalue weighted by atomic mass is 10.2. The summed E-state index contributed by atoms with van der Waals surface area (Å²) in [4.78, 5) is 22.2. The Hall–Kier alpha value is -1.82. The second-order valence-corrected chi connectivity index (χ2v) is 3.98. The van der Waals surface area contributed by atoms with E-state index in [0.717, 1.165) is 5.19 Å². The summed E-state index contributed by atoms with van der Waals surface area (Å²) in [5, 5.41) is 0.922. The molecular formula is C8H7N3O2Si. The summed E-state index contributed by atoms with van der Waals surface area (Å²) in [5.74, 6) is -0.210. The van der Waals surface area contributed by atoms with Crippen molar-refractivity contribution in [3.05, 3.63) is 29.8 Å². The lowest BCUT2D eigenvalue weighted by Gasteiger charge is -2.13. The summed E-state index contributed by atoms with van der Waals surface area (Å²) in [6.07, 6.45) is 0. The van der Waals surface area contributed by atoms with Gasteiger partial charge in [0.25, 0.3) is 15.6 Å². The first-order valence-electron chi connectivity index (χ1n) is 3.95. The lowest BCUT2D eigenvalue weighted by molar-refractivity contribution is 0.0833. The largest absolute Gasteiger partial charge is 0.350 e. The molecule has 1 aromatic carbocycles. The topological polar surface area (TPSA) is 75.4 Å². The molecule has 0 saturated carbocycles. The van der Waals surface area contributed by atoms with Crippen molar-refractivity contribution in [1.29, 1.82) is 0 Å². The third-order valence-corrected chi connectivity index (χ3v) is 3.03. The predicted molar refractivity (Wildman–Crippen MR) is 50.7 cm³/mol. The minimum Gasteiger partial charge on any atom is -0.350 e. The first kappa shape index (κ1) is 8.76. The third kappa shape index (κ3) is 1.35. The first-order chi connectivity index (χ1) is 6.68. The summed E-state index contributed by atoms with van der Waals surface area (Å²) in [7, 11) is 0.116. The number of nitrogens with one attached hydrogen (secondary N) is 1. The van der Waals surface area contributed by atoms with Crippen molar-refractivity contribution in [1.82, 2.24) is 10.1 Å². The Morgan fingerprint density at radius 2 is 2.14 bits per heavy atom. The Morgan fingerprint density at radius 1 is 1.43 bits per heavy atom. The van der Waals surface area contributed by atoms with Gasteiger partial charge in [0.05, 0.1) is 0 Å². The van der Waals surface area contributed by atoms with Crippen LogP contribution in [0.25, 0.3) is 0 Å². The Balaban J connectivity index is 2.26. The highest BCUT2D eigenvalue weighted by molar-refractivity contribution is 6.60. The molecule has 3 N–H and O–H groups in total. The molecule has 1 aliphatic heterocycles. The zero-order chi connectivity index (χ0) is 10.1. The predicted octanol–water partition coefficient (Wildman–Crippen LogP) is -1.03. The van der Waals surface area contributed by atoms with Crippen molar-refractivity contribution in [3.8, 4) is 0 Å². The van der Waals surface area contributed by atoms with Crippen molar-refractivity contribution >= 4 is 26.8 Å². The standard InChI is InChI=1S/C8H7N3O2Si/c9-8(13)10-11-7(12)5-3-1-2-4-6(5)14-11/h1-4H,(H3,9,10,13). The van der Waals surface area contributed by atoms with E-state index in [1.807, 2.05) is 12.1 Å². The quantitative estimate of drug-likeness (QED) is 0.575. The highest BCUT2D eigenvalue weighted by Crippen LogP contribution is 2.06. The lowest BCUT2D eigenvalue weighted by Crippen LogP contribution is -2.48.